The predicted octanol–water partition coefficient (Wildman–Crippen LogP) is 8.31. The van der Waals surface area contributed by atoms with Crippen LogP contribution in [0.15, 0.2) is 24.3 Å². The third-order valence-corrected chi connectivity index (χ3v) is 7.08. The standard InChI is InChI=1S/C28H40F2N2O/c1-3-5-7-8-20-33-26-19-18-25(31-32-26)24-17-16-23(27(29)28(24)30)15-14-22-12-10-21(11-13-22)9-6-4-2/h16-19,21-22H,3-15,20H2,1-2H3. The number of hydrogen-bond acceptors (Lipinski definition) is 3. The summed E-state index contributed by atoms with van der Waals surface area (Å²) in [5.74, 6) is 0.330. The van der Waals surface area contributed by atoms with Crippen molar-refractivity contribution in [3.8, 4) is 17.1 Å². The van der Waals surface area contributed by atoms with E-state index in [0.29, 0.717) is 36.1 Å². The second-order valence-corrected chi connectivity index (χ2v) is 9.63. The van der Waals surface area contributed by atoms with E-state index < -0.39 is 11.6 Å². The fourth-order valence-corrected chi connectivity index (χ4v) is 4.89. The zero-order valence-corrected chi connectivity index (χ0v) is 20.4. The summed E-state index contributed by atoms with van der Waals surface area (Å²) in [7, 11) is 0. The second-order valence-electron chi connectivity index (χ2n) is 9.63. The van der Waals surface area contributed by atoms with Crippen LogP contribution in [-0.4, -0.2) is 16.8 Å². The van der Waals surface area contributed by atoms with E-state index in [2.05, 4.69) is 24.0 Å². The first-order valence-electron chi connectivity index (χ1n) is 13.1. The average Bonchev–Trinajstić information content (AvgIpc) is 2.85. The van der Waals surface area contributed by atoms with Crippen molar-refractivity contribution in [2.75, 3.05) is 6.61 Å². The average molecular weight is 459 g/mol. The van der Waals surface area contributed by atoms with Gasteiger partial charge in [0.1, 0.15) is 0 Å². The van der Waals surface area contributed by atoms with Gasteiger partial charge in [0.05, 0.1) is 12.3 Å². The molecule has 0 aliphatic heterocycles. The van der Waals surface area contributed by atoms with Gasteiger partial charge in [-0.3, -0.25) is 0 Å². The summed E-state index contributed by atoms with van der Waals surface area (Å²) in [6.07, 6.45) is 14.9. The summed E-state index contributed by atoms with van der Waals surface area (Å²) >= 11 is 0. The van der Waals surface area contributed by atoms with Crippen LogP contribution in [0.25, 0.3) is 11.3 Å². The molecule has 1 aromatic heterocycles. The molecule has 1 heterocycles. The molecule has 3 nitrogen and oxygen atoms in total. The lowest BCUT2D eigenvalue weighted by atomic mass is 9.78. The number of halogens is 2. The van der Waals surface area contributed by atoms with Crippen LogP contribution in [0.4, 0.5) is 8.78 Å². The van der Waals surface area contributed by atoms with E-state index in [1.165, 1.54) is 57.8 Å². The summed E-state index contributed by atoms with van der Waals surface area (Å²) in [5, 5.41) is 8.09. The van der Waals surface area contributed by atoms with Crippen LogP contribution in [-0.2, 0) is 6.42 Å². The Bertz CT molecular complexity index is 833. The van der Waals surface area contributed by atoms with Gasteiger partial charge in [-0.25, -0.2) is 8.78 Å². The minimum Gasteiger partial charge on any atom is -0.477 e. The van der Waals surface area contributed by atoms with E-state index in [9.17, 15) is 8.78 Å². The number of rotatable bonds is 13. The lowest BCUT2D eigenvalue weighted by Gasteiger charge is -2.28. The van der Waals surface area contributed by atoms with Gasteiger partial charge in [-0.2, -0.15) is 0 Å². The summed E-state index contributed by atoms with van der Waals surface area (Å²) < 4.78 is 35.2. The maximum atomic E-state index is 14.8. The molecule has 1 saturated carbocycles. The van der Waals surface area contributed by atoms with Crippen LogP contribution in [0.3, 0.4) is 0 Å². The molecule has 0 saturated heterocycles. The second kappa shape index (κ2) is 13.6. The molecule has 0 atom stereocenters. The van der Waals surface area contributed by atoms with Gasteiger partial charge in [0, 0.05) is 11.6 Å². The van der Waals surface area contributed by atoms with Crippen molar-refractivity contribution in [1.82, 2.24) is 10.2 Å². The largest absolute Gasteiger partial charge is 0.477 e. The Balaban J connectivity index is 1.51. The molecule has 0 N–H and O–H groups in total. The van der Waals surface area contributed by atoms with E-state index in [-0.39, 0.29) is 5.56 Å². The molecule has 3 rings (SSSR count). The van der Waals surface area contributed by atoms with Crippen molar-refractivity contribution in [2.24, 2.45) is 11.8 Å². The SMILES string of the molecule is CCCCCCOc1ccc(-c2ccc(CCC3CCC(CCCC)CC3)c(F)c2F)nn1. The molecule has 0 unspecified atom stereocenters. The van der Waals surface area contributed by atoms with Crippen molar-refractivity contribution in [3.63, 3.8) is 0 Å². The number of ether oxygens (including phenoxy) is 1. The number of hydrogen-bond donors (Lipinski definition) is 0. The first kappa shape index (κ1) is 25.6. The third-order valence-electron chi connectivity index (χ3n) is 7.08. The van der Waals surface area contributed by atoms with Crippen molar-refractivity contribution in [1.29, 1.82) is 0 Å². The highest BCUT2D eigenvalue weighted by atomic mass is 19.2. The molecular weight excluding hydrogens is 418 g/mol. The zero-order valence-electron chi connectivity index (χ0n) is 20.4. The molecule has 182 valence electrons. The first-order valence-corrected chi connectivity index (χ1v) is 13.1. The molecule has 1 fully saturated rings. The van der Waals surface area contributed by atoms with Gasteiger partial charge in [-0.15, -0.1) is 10.2 Å². The molecule has 0 spiro atoms. The van der Waals surface area contributed by atoms with E-state index in [1.54, 1.807) is 24.3 Å². The van der Waals surface area contributed by atoms with Gasteiger partial charge in [0.25, 0.3) is 0 Å². The molecule has 0 radical (unpaired) electrons. The van der Waals surface area contributed by atoms with Crippen molar-refractivity contribution in [3.05, 3.63) is 41.5 Å². The van der Waals surface area contributed by atoms with E-state index in [0.717, 1.165) is 25.2 Å². The third kappa shape index (κ3) is 7.75. The van der Waals surface area contributed by atoms with Gasteiger partial charge in [-0.05, 0) is 48.8 Å². The smallest absolute Gasteiger partial charge is 0.233 e. The molecule has 33 heavy (non-hydrogen) atoms. The van der Waals surface area contributed by atoms with Gasteiger partial charge < -0.3 is 4.74 Å². The highest BCUT2D eigenvalue weighted by molar-refractivity contribution is 5.60. The van der Waals surface area contributed by atoms with Crippen LogP contribution in [0.5, 0.6) is 5.88 Å². The van der Waals surface area contributed by atoms with Gasteiger partial charge >= 0.3 is 0 Å². The molecule has 1 aliphatic carbocycles. The summed E-state index contributed by atoms with van der Waals surface area (Å²) in [5.41, 5.74) is 0.931. The molecule has 1 aromatic carbocycles. The van der Waals surface area contributed by atoms with Crippen molar-refractivity contribution < 1.29 is 13.5 Å². The Morgan fingerprint density at radius 3 is 2.18 bits per heavy atom. The number of aryl methyl sites for hydroxylation is 1. The molecule has 2 aromatic rings. The van der Waals surface area contributed by atoms with Crippen LogP contribution < -0.4 is 4.74 Å². The molecule has 0 bridgehead atoms. The lowest BCUT2D eigenvalue weighted by molar-refractivity contribution is 0.249. The molecule has 0 amide bonds. The van der Waals surface area contributed by atoms with Crippen LogP contribution in [0.1, 0.15) is 96.5 Å². The number of unbranched alkanes of at least 4 members (excludes halogenated alkanes) is 4. The highest BCUT2D eigenvalue weighted by Crippen LogP contribution is 2.35. The monoisotopic (exact) mass is 458 g/mol. The van der Waals surface area contributed by atoms with Crippen LogP contribution >= 0.6 is 0 Å². The number of aromatic nitrogens is 2. The first-order chi connectivity index (χ1) is 16.1. The Morgan fingerprint density at radius 2 is 1.52 bits per heavy atom. The fraction of sp³-hybridized carbons (Fsp3) is 0.643. The Labute approximate surface area is 198 Å². The Morgan fingerprint density at radius 1 is 0.788 bits per heavy atom. The summed E-state index contributed by atoms with van der Waals surface area (Å²) in [4.78, 5) is 0. The summed E-state index contributed by atoms with van der Waals surface area (Å²) in [6, 6.07) is 6.65. The number of benzene rings is 1. The molecular formula is C28H40F2N2O. The Kier molecular flexibility index (Phi) is 10.6. The highest BCUT2D eigenvalue weighted by Gasteiger charge is 2.22. The minimum atomic E-state index is -0.835. The van der Waals surface area contributed by atoms with Gasteiger partial charge in [0.2, 0.25) is 5.88 Å². The van der Waals surface area contributed by atoms with E-state index in [4.69, 9.17) is 4.74 Å². The maximum absolute atomic E-state index is 14.8. The van der Waals surface area contributed by atoms with E-state index in [1.807, 2.05) is 0 Å². The van der Waals surface area contributed by atoms with Crippen molar-refractivity contribution in [2.45, 2.75) is 97.3 Å². The van der Waals surface area contributed by atoms with Crippen molar-refractivity contribution >= 4 is 0 Å². The zero-order chi connectivity index (χ0) is 23.5. The predicted molar refractivity (Wildman–Crippen MR) is 130 cm³/mol. The Hall–Kier alpha value is -2.04. The number of nitrogens with zero attached hydrogens (tertiary/aromatic N) is 2. The van der Waals surface area contributed by atoms with Gasteiger partial charge in [0.15, 0.2) is 11.6 Å². The van der Waals surface area contributed by atoms with E-state index >= 15 is 0 Å². The molecule has 5 heteroatoms. The van der Waals surface area contributed by atoms with Gasteiger partial charge in [-0.1, -0.05) is 84.1 Å². The topological polar surface area (TPSA) is 35.0 Å². The fourth-order valence-electron chi connectivity index (χ4n) is 4.89. The minimum absolute atomic E-state index is 0.148. The quantitative estimate of drug-likeness (QED) is 0.283. The lowest BCUT2D eigenvalue weighted by Crippen LogP contribution is -2.15. The summed E-state index contributed by atoms with van der Waals surface area (Å²) in [6.45, 7) is 5.00. The maximum Gasteiger partial charge on any atom is 0.233 e. The van der Waals surface area contributed by atoms with Crippen LogP contribution in [0, 0.1) is 23.5 Å². The normalized spacial score (nSPS) is 18.4. The van der Waals surface area contributed by atoms with Crippen LogP contribution in [0.2, 0.25) is 0 Å². The molecule has 1 aliphatic rings.